The number of fused-ring (bicyclic) bond motifs is 3. The average molecular weight is 1320 g/mol. The van der Waals surface area contributed by atoms with Gasteiger partial charge in [0, 0.05) is 199 Å². The van der Waals surface area contributed by atoms with E-state index in [-0.39, 0.29) is 23.7 Å². The first-order chi connectivity index (χ1) is 42.9. The number of anilines is 3. The van der Waals surface area contributed by atoms with Crippen molar-refractivity contribution < 1.29 is 14.4 Å². The molecular formula is C65H71Cl6N15O3. The van der Waals surface area contributed by atoms with Gasteiger partial charge in [-0.3, -0.25) is 27.6 Å². The first-order valence-corrected chi connectivity index (χ1v) is 32.3. The number of carbonyl (C=O) groups is 3. The Bertz CT molecular complexity index is 3920. The normalized spacial score (nSPS) is 15.5. The van der Waals surface area contributed by atoms with Gasteiger partial charge in [-0.2, -0.15) is 0 Å². The average Bonchev–Trinajstić information content (AvgIpc) is 1.87. The molecule has 0 radical (unpaired) electrons. The second kappa shape index (κ2) is 27.7. The predicted octanol–water partition coefficient (Wildman–Crippen LogP) is 11.7. The lowest BCUT2D eigenvalue weighted by molar-refractivity contribution is -0.135. The minimum atomic E-state index is 0.0220. The summed E-state index contributed by atoms with van der Waals surface area (Å²) in [6, 6.07) is 22.5. The van der Waals surface area contributed by atoms with Gasteiger partial charge in [0.1, 0.15) is 34.4 Å². The molecule has 3 amide bonds. The number of rotatable bonds is 12. The molecule has 18 nitrogen and oxygen atoms in total. The molecule has 4 aliphatic rings. The summed E-state index contributed by atoms with van der Waals surface area (Å²) in [5, 5.41) is 3.54. The molecule has 3 aromatic carbocycles. The SMILES string of the molecule is CC(C)C(=O)N1CCN(c2cnc3cc(CN)c(-c4ccc(Cl)cc4Cl)cn23)CC1.CCC(=O)N1CCN(c2cnc3cc(CN)c(-c4ccc(Cl)cc4Cl)cn23)CC1.NCc1cc2ncc(N3CCN(C(=O)C4CC4)CC3)n2cc1-c1ccc(Cl)cc1Cl. The van der Waals surface area contributed by atoms with Gasteiger partial charge in [0.15, 0.2) is 0 Å². The molecule has 89 heavy (non-hydrogen) atoms. The molecular weight excluding hydrogens is 1250 g/mol. The monoisotopic (exact) mass is 1320 g/mol. The summed E-state index contributed by atoms with van der Waals surface area (Å²) in [6.45, 7) is 15.9. The third-order valence-corrected chi connectivity index (χ3v) is 18.6. The fourth-order valence-corrected chi connectivity index (χ4v) is 13.4. The summed E-state index contributed by atoms with van der Waals surface area (Å²) < 4.78 is 6.22. The van der Waals surface area contributed by atoms with E-state index in [0.29, 0.717) is 75.2 Å². The maximum atomic E-state index is 12.3. The van der Waals surface area contributed by atoms with Crippen molar-refractivity contribution in [3.8, 4) is 33.4 Å². The van der Waals surface area contributed by atoms with Gasteiger partial charge in [0.05, 0.1) is 18.6 Å². The Balaban J connectivity index is 0.000000138. The molecule has 9 aromatic rings. The van der Waals surface area contributed by atoms with Gasteiger partial charge in [-0.25, -0.2) is 15.0 Å². The molecule has 3 aliphatic heterocycles. The van der Waals surface area contributed by atoms with Crippen molar-refractivity contribution in [2.45, 2.75) is 59.7 Å². The Labute approximate surface area is 547 Å². The molecule has 24 heteroatoms. The zero-order chi connectivity index (χ0) is 62.8. The van der Waals surface area contributed by atoms with Crippen LogP contribution < -0.4 is 31.9 Å². The highest BCUT2D eigenvalue weighted by Gasteiger charge is 2.35. The number of nitrogens with zero attached hydrogens (tertiary/aromatic N) is 12. The quantitative estimate of drug-likeness (QED) is 0.105. The number of benzene rings is 3. The molecule has 1 aliphatic carbocycles. The number of aromatic nitrogens is 6. The van der Waals surface area contributed by atoms with Gasteiger partial charge in [-0.1, -0.05) is 109 Å². The smallest absolute Gasteiger partial charge is 0.225 e. The number of piperazine rings is 3. The third-order valence-electron chi connectivity index (χ3n) is 17.0. The number of nitrogens with two attached hydrogens (primary N) is 3. The van der Waals surface area contributed by atoms with Crippen LogP contribution in [0, 0.1) is 11.8 Å². The highest BCUT2D eigenvalue weighted by Crippen LogP contribution is 2.38. The van der Waals surface area contributed by atoms with Crippen LogP contribution in [0.2, 0.25) is 30.1 Å². The van der Waals surface area contributed by atoms with E-state index in [4.69, 9.17) is 86.8 Å². The number of hydrogen-bond donors (Lipinski definition) is 3. The largest absolute Gasteiger partial charge is 0.353 e. The minimum Gasteiger partial charge on any atom is -0.353 e. The van der Waals surface area contributed by atoms with E-state index in [1.807, 2.05) is 121 Å². The molecule has 13 rings (SSSR count). The molecule has 9 heterocycles. The van der Waals surface area contributed by atoms with Crippen molar-refractivity contribution in [2.75, 3.05) is 93.2 Å². The fourth-order valence-electron chi connectivity index (χ4n) is 11.9. The summed E-state index contributed by atoms with van der Waals surface area (Å²) in [5.74, 6) is 4.03. The molecule has 0 atom stereocenters. The van der Waals surface area contributed by atoms with Crippen LogP contribution in [0.25, 0.3) is 50.3 Å². The van der Waals surface area contributed by atoms with Gasteiger partial charge in [0.25, 0.3) is 0 Å². The summed E-state index contributed by atoms with van der Waals surface area (Å²) in [6.07, 6.45) is 14.4. The van der Waals surface area contributed by atoms with Crippen LogP contribution in [0.5, 0.6) is 0 Å². The summed E-state index contributed by atoms with van der Waals surface area (Å²) in [4.78, 5) is 63.0. The number of amides is 3. The van der Waals surface area contributed by atoms with Crippen LogP contribution >= 0.6 is 69.6 Å². The lowest BCUT2D eigenvalue weighted by Crippen LogP contribution is -2.50. The highest BCUT2D eigenvalue weighted by atomic mass is 35.5. The van der Waals surface area contributed by atoms with E-state index < -0.39 is 0 Å². The van der Waals surface area contributed by atoms with Crippen LogP contribution in [0.3, 0.4) is 0 Å². The van der Waals surface area contributed by atoms with Crippen LogP contribution in [0.15, 0.2) is 110 Å². The topological polar surface area (TPSA) is 201 Å². The van der Waals surface area contributed by atoms with Crippen molar-refractivity contribution in [1.82, 2.24) is 42.9 Å². The van der Waals surface area contributed by atoms with Gasteiger partial charge in [-0.05, 0) is 84.1 Å². The zero-order valence-electron chi connectivity index (χ0n) is 49.9. The van der Waals surface area contributed by atoms with E-state index in [0.717, 1.165) is 163 Å². The van der Waals surface area contributed by atoms with Gasteiger partial charge in [0.2, 0.25) is 17.7 Å². The number of hydrogen-bond acceptors (Lipinski definition) is 12. The molecule has 0 unspecified atom stereocenters. The molecule has 0 spiro atoms. The lowest BCUT2D eigenvalue weighted by Gasteiger charge is -2.36. The van der Waals surface area contributed by atoms with E-state index in [1.54, 1.807) is 18.2 Å². The Morgan fingerprint density at radius 3 is 1.08 bits per heavy atom. The lowest BCUT2D eigenvalue weighted by atomic mass is 10.0. The molecule has 6 N–H and O–H groups in total. The van der Waals surface area contributed by atoms with Gasteiger partial charge in [-0.15, -0.1) is 0 Å². The molecule has 3 saturated heterocycles. The van der Waals surface area contributed by atoms with E-state index in [9.17, 15) is 14.4 Å². The summed E-state index contributed by atoms with van der Waals surface area (Å²) in [5.41, 5.74) is 29.0. The van der Waals surface area contributed by atoms with Crippen LogP contribution in [-0.4, -0.2) is 139 Å². The van der Waals surface area contributed by atoms with E-state index in [2.05, 4.69) is 49.1 Å². The highest BCUT2D eigenvalue weighted by molar-refractivity contribution is 6.37. The van der Waals surface area contributed by atoms with Crippen molar-refractivity contribution in [1.29, 1.82) is 0 Å². The Hall–Kier alpha value is -6.84. The van der Waals surface area contributed by atoms with Crippen LogP contribution in [0.4, 0.5) is 17.5 Å². The zero-order valence-corrected chi connectivity index (χ0v) is 54.4. The third kappa shape index (κ3) is 13.8. The Morgan fingerprint density at radius 2 is 0.787 bits per heavy atom. The summed E-state index contributed by atoms with van der Waals surface area (Å²) in [7, 11) is 0. The van der Waals surface area contributed by atoms with Crippen molar-refractivity contribution in [3.05, 3.63) is 157 Å². The van der Waals surface area contributed by atoms with E-state index in [1.165, 1.54) is 0 Å². The summed E-state index contributed by atoms with van der Waals surface area (Å²) >= 11 is 37.7. The Kier molecular flexibility index (Phi) is 19.8. The number of pyridine rings is 3. The minimum absolute atomic E-state index is 0.0220. The second-order valence-corrected chi connectivity index (χ2v) is 25.5. The van der Waals surface area contributed by atoms with Gasteiger partial charge >= 0.3 is 0 Å². The van der Waals surface area contributed by atoms with Crippen LogP contribution in [-0.2, 0) is 34.0 Å². The van der Waals surface area contributed by atoms with Crippen molar-refractivity contribution in [2.24, 2.45) is 29.0 Å². The maximum Gasteiger partial charge on any atom is 0.225 e. The van der Waals surface area contributed by atoms with Crippen molar-refractivity contribution in [3.63, 3.8) is 0 Å². The molecule has 6 aromatic heterocycles. The Morgan fingerprint density at radius 1 is 0.461 bits per heavy atom. The molecule has 1 saturated carbocycles. The fraction of sp³-hybridized carbons (Fsp3) is 0.354. The second-order valence-electron chi connectivity index (χ2n) is 22.9. The maximum absolute atomic E-state index is 12.3. The molecule has 0 bridgehead atoms. The van der Waals surface area contributed by atoms with Crippen molar-refractivity contribution >= 4 is 122 Å². The number of halogens is 6. The predicted molar refractivity (Wildman–Crippen MR) is 360 cm³/mol. The van der Waals surface area contributed by atoms with Crippen LogP contribution in [0.1, 0.15) is 56.7 Å². The number of carbonyl (C=O) groups excluding carboxylic acids is 3. The molecule has 4 fully saturated rings. The van der Waals surface area contributed by atoms with E-state index >= 15 is 0 Å². The van der Waals surface area contributed by atoms with Gasteiger partial charge < -0.3 is 46.6 Å². The molecule has 466 valence electrons. The number of imidazole rings is 3. The first-order valence-electron chi connectivity index (χ1n) is 30.0. The first kappa shape index (κ1) is 63.7. The standard InChI is InChI=1S/C22H23Cl2N5O.C22H25Cl2N5O.C21H23Cl2N5O/c23-16-3-4-17(19(24)10-16)18-13-29-20(9-15(18)11-25)26-12-21(29)27-5-7-28(8-6-27)22(30)14-1-2-14;1-14(2)22(30)28-7-5-27(6-8-28)21-12-26-20-9-15(11-25)18(13-29(20)21)17-4-3-16(23)10-19(17)24;1-2-21(29)27-7-5-26(6-8-27)20-12-25-19-9-14(11-24)17(13-28(19)20)16-4-3-15(22)10-18(16)23/h3-4,9-10,12-14H,1-2,5-8,11,25H2;3-4,9-10,12-14H,5-8,11,25H2,1-2H3;3-4,9-10,12-13H,2,5-8,11,24H2,1H3.